The smallest absolute Gasteiger partial charge is 0.136 e. The summed E-state index contributed by atoms with van der Waals surface area (Å²) < 4.78 is 12.0. The van der Waals surface area contributed by atoms with Gasteiger partial charge in [-0.05, 0) is 59.3 Å². The second-order valence-corrected chi connectivity index (χ2v) is 7.40. The molecule has 0 unspecified atom stereocenters. The Morgan fingerprint density at radius 3 is 1.38 bits per heavy atom. The third-order valence-electron chi connectivity index (χ3n) is 4.94. The Bertz CT molecular complexity index is 1390. The van der Waals surface area contributed by atoms with Crippen molar-refractivity contribution in [2.24, 2.45) is 0 Å². The number of halogens is 2. The first-order valence-corrected chi connectivity index (χ1v) is 8.99. The van der Waals surface area contributed by atoms with Gasteiger partial charge in [0.05, 0.1) is 0 Å². The summed E-state index contributed by atoms with van der Waals surface area (Å²) in [5, 5.41) is 7.84. The van der Waals surface area contributed by atoms with Crippen LogP contribution in [0.2, 0.25) is 10.0 Å². The second-order valence-electron chi connectivity index (χ2n) is 6.53. The zero-order valence-electron chi connectivity index (χ0n) is 13.3. The van der Waals surface area contributed by atoms with E-state index in [1.165, 1.54) is 0 Å². The molecule has 0 N–H and O–H groups in total. The Labute approximate surface area is 157 Å². The van der Waals surface area contributed by atoms with Gasteiger partial charge in [0.1, 0.15) is 22.3 Å². The highest BCUT2D eigenvalue weighted by Crippen LogP contribution is 2.37. The van der Waals surface area contributed by atoms with E-state index in [9.17, 15) is 0 Å². The molecule has 0 aliphatic heterocycles. The molecule has 2 nitrogen and oxygen atoms in total. The van der Waals surface area contributed by atoms with Crippen LogP contribution in [0, 0.1) is 0 Å². The topological polar surface area (TPSA) is 26.3 Å². The lowest BCUT2D eigenvalue weighted by Gasteiger charge is -1.99. The van der Waals surface area contributed by atoms with Gasteiger partial charge in [-0.25, -0.2) is 0 Å². The molecule has 0 saturated carbocycles. The molecule has 0 saturated heterocycles. The molecule has 0 aliphatic carbocycles. The standard InChI is InChI=1S/C22H10Cl2O2/c23-13-1-3-15-17-5-11-6-18-16-4-2-14(24)10-22(16)26-20(18)8-12(11)7-19(17)25-21(15)9-13/h1-10H. The SMILES string of the molecule is Clc1ccc2c(c1)oc1cc3cc4oc5cc(Cl)ccc5c4cc3cc12. The van der Waals surface area contributed by atoms with Gasteiger partial charge in [-0.15, -0.1) is 0 Å². The van der Waals surface area contributed by atoms with Crippen molar-refractivity contribution in [3.63, 3.8) is 0 Å². The lowest BCUT2D eigenvalue weighted by Crippen LogP contribution is -1.74. The minimum absolute atomic E-state index is 0.670. The van der Waals surface area contributed by atoms with E-state index in [1.54, 1.807) is 0 Å². The van der Waals surface area contributed by atoms with Crippen molar-refractivity contribution in [1.82, 2.24) is 0 Å². The van der Waals surface area contributed by atoms with Gasteiger partial charge in [-0.3, -0.25) is 0 Å². The van der Waals surface area contributed by atoms with Crippen molar-refractivity contribution in [3.8, 4) is 0 Å². The molecule has 0 atom stereocenters. The normalized spacial score (nSPS) is 12.2. The average Bonchev–Trinajstić information content (AvgIpc) is 3.13. The van der Waals surface area contributed by atoms with Gasteiger partial charge in [0.2, 0.25) is 0 Å². The van der Waals surface area contributed by atoms with Crippen LogP contribution in [0.25, 0.3) is 54.6 Å². The highest BCUT2D eigenvalue weighted by atomic mass is 35.5. The summed E-state index contributed by atoms with van der Waals surface area (Å²) in [5.74, 6) is 0. The van der Waals surface area contributed by atoms with Gasteiger partial charge in [0.15, 0.2) is 0 Å². The largest absolute Gasteiger partial charge is 0.456 e. The first-order chi connectivity index (χ1) is 12.7. The maximum atomic E-state index is 6.09. The zero-order chi connectivity index (χ0) is 17.4. The highest BCUT2D eigenvalue weighted by Gasteiger charge is 2.12. The molecule has 6 aromatic rings. The van der Waals surface area contributed by atoms with Crippen LogP contribution in [0.1, 0.15) is 0 Å². The second kappa shape index (κ2) is 4.94. The van der Waals surface area contributed by atoms with Crippen molar-refractivity contribution in [1.29, 1.82) is 0 Å². The van der Waals surface area contributed by atoms with Crippen LogP contribution >= 0.6 is 23.2 Å². The zero-order valence-corrected chi connectivity index (χ0v) is 14.9. The average molecular weight is 377 g/mol. The van der Waals surface area contributed by atoms with E-state index in [0.717, 1.165) is 54.6 Å². The predicted octanol–water partition coefficient (Wildman–Crippen LogP) is 7.95. The third-order valence-corrected chi connectivity index (χ3v) is 5.41. The first kappa shape index (κ1) is 14.5. The molecule has 0 aliphatic rings. The third kappa shape index (κ3) is 1.94. The Hall–Kier alpha value is -2.68. The van der Waals surface area contributed by atoms with Gasteiger partial charge < -0.3 is 8.83 Å². The Morgan fingerprint density at radius 1 is 0.462 bits per heavy atom. The minimum Gasteiger partial charge on any atom is -0.456 e. The predicted molar refractivity (Wildman–Crippen MR) is 109 cm³/mol. The van der Waals surface area contributed by atoms with E-state index in [0.29, 0.717) is 10.0 Å². The van der Waals surface area contributed by atoms with Crippen molar-refractivity contribution < 1.29 is 8.83 Å². The van der Waals surface area contributed by atoms with Crippen LogP contribution in [0.15, 0.2) is 69.5 Å². The fraction of sp³-hybridized carbons (Fsp3) is 0. The summed E-state index contributed by atoms with van der Waals surface area (Å²) in [7, 11) is 0. The number of furan rings is 2. The fourth-order valence-corrected chi connectivity index (χ4v) is 4.07. The van der Waals surface area contributed by atoms with E-state index < -0.39 is 0 Å². The molecular weight excluding hydrogens is 367 g/mol. The molecule has 26 heavy (non-hydrogen) atoms. The summed E-state index contributed by atoms with van der Waals surface area (Å²) >= 11 is 12.2. The van der Waals surface area contributed by atoms with Crippen LogP contribution in [-0.2, 0) is 0 Å². The summed E-state index contributed by atoms with van der Waals surface area (Å²) in [6.45, 7) is 0. The molecular formula is C22H10Cl2O2. The van der Waals surface area contributed by atoms with Gasteiger partial charge in [0.25, 0.3) is 0 Å². The van der Waals surface area contributed by atoms with E-state index >= 15 is 0 Å². The van der Waals surface area contributed by atoms with Gasteiger partial charge in [-0.2, -0.15) is 0 Å². The molecule has 124 valence electrons. The summed E-state index contributed by atoms with van der Waals surface area (Å²) in [6, 6.07) is 19.9. The number of benzene rings is 4. The van der Waals surface area contributed by atoms with E-state index in [-0.39, 0.29) is 0 Å². The molecule has 6 rings (SSSR count). The minimum atomic E-state index is 0.670. The molecule has 4 heteroatoms. The van der Waals surface area contributed by atoms with Crippen LogP contribution in [0.4, 0.5) is 0 Å². The maximum Gasteiger partial charge on any atom is 0.136 e. The van der Waals surface area contributed by atoms with Crippen molar-refractivity contribution in [3.05, 3.63) is 70.7 Å². The molecule has 0 spiro atoms. The lowest BCUT2D eigenvalue weighted by atomic mass is 10.0. The van der Waals surface area contributed by atoms with Gasteiger partial charge >= 0.3 is 0 Å². The van der Waals surface area contributed by atoms with Crippen molar-refractivity contribution >= 4 is 77.9 Å². The van der Waals surface area contributed by atoms with Crippen LogP contribution < -0.4 is 0 Å². The quantitative estimate of drug-likeness (QED) is 0.268. The summed E-state index contributed by atoms with van der Waals surface area (Å²) in [6.07, 6.45) is 0. The Morgan fingerprint density at radius 2 is 0.885 bits per heavy atom. The van der Waals surface area contributed by atoms with Crippen molar-refractivity contribution in [2.45, 2.75) is 0 Å². The van der Waals surface area contributed by atoms with Gasteiger partial charge in [0, 0.05) is 43.7 Å². The Kier molecular flexibility index (Phi) is 2.75. The van der Waals surface area contributed by atoms with E-state index in [4.69, 9.17) is 32.0 Å². The van der Waals surface area contributed by atoms with Gasteiger partial charge in [-0.1, -0.05) is 23.2 Å². The number of fused-ring (bicyclic) bond motifs is 7. The Balaban J connectivity index is 1.75. The van der Waals surface area contributed by atoms with Crippen LogP contribution in [0.5, 0.6) is 0 Å². The van der Waals surface area contributed by atoms with Crippen LogP contribution in [-0.4, -0.2) is 0 Å². The lowest BCUT2D eigenvalue weighted by molar-refractivity contribution is 0.668. The molecule has 0 amide bonds. The number of rotatable bonds is 0. The van der Waals surface area contributed by atoms with E-state index in [1.807, 2.05) is 36.4 Å². The molecule has 2 heterocycles. The molecule has 4 aromatic carbocycles. The monoisotopic (exact) mass is 376 g/mol. The number of hydrogen-bond acceptors (Lipinski definition) is 2. The molecule has 0 radical (unpaired) electrons. The number of hydrogen-bond donors (Lipinski definition) is 0. The summed E-state index contributed by atoms with van der Waals surface area (Å²) in [4.78, 5) is 0. The maximum absolute atomic E-state index is 6.09. The molecule has 0 fully saturated rings. The first-order valence-electron chi connectivity index (χ1n) is 8.23. The fourth-order valence-electron chi connectivity index (χ4n) is 3.74. The molecule has 0 bridgehead atoms. The van der Waals surface area contributed by atoms with E-state index in [2.05, 4.69) is 24.3 Å². The van der Waals surface area contributed by atoms with Crippen molar-refractivity contribution in [2.75, 3.05) is 0 Å². The summed E-state index contributed by atoms with van der Waals surface area (Å²) in [5.41, 5.74) is 3.28. The highest BCUT2D eigenvalue weighted by molar-refractivity contribution is 6.32. The molecule has 2 aromatic heterocycles. The van der Waals surface area contributed by atoms with Crippen LogP contribution in [0.3, 0.4) is 0 Å².